The van der Waals surface area contributed by atoms with E-state index in [4.69, 9.17) is 4.98 Å². The zero-order valence-corrected chi connectivity index (χ0v) is 13.3. The van der Waals surface area contributed by atoms with E-state index in [-0.39, 0.29) is 0 Å². The summed E-state index contributed by atoms with van der Waals surface area (Å²) in [5.41, 5.74) is 1.20. The van der Waals surface area contributed by atoms with Crippen molar-refractivity contribution in [3.8, 4) is 0 Å². The lowest BCUT2D eigenvalue weighted by molar-refractivity contribution is 0.185. The summed E-state index contributed by atoms with van der Waals surface area (Å²) < 4.78 is 0. The van der Waals surface area contributed by atoms with Gasteiger partial charge in [-0.2, -0.15) is 0 Å². The summed E-state index contributed by atoms with van der Waals surface area (Å²) in [5, 5.41) is 6.98. The van der Waals surface area contributed by atoms with Crippen LogP contribution in [0, 0.1) is 5.92 Å². The van der Waals surface area contributed by atoms with Gasteiger partial charge >= 0.3 is 0 Å². The first-order chi connectivity index (χ1) is 9.17. The lowest BCUT2D eigenvalue weighted by Crippen LogP contribution is -2.32. The van der Waals surface area contributed by atoms with Gasteiger partial charge in [0.25, 0.3) is 0 Å². The van der Waals surface area contributed by atoms with Gasteiger partial charge in [-0.15, -0.1) is 11.3 Å². The van der Waals surface area contributed by atoms with Crippen LogP contribution in [-0.2, 0) is 13.1 Å². The van der Waals surface area contributed by atoms with Gasteiger partial charge in [-0.3, -0.25) is 4.90 Å². The van der Waals surface area contributed by atoms with Crippen molar-refractivity contribution in [3.05, 3.63) is 16.1 Å². The third kappa shape index (κ3) is 4.86. The molecule has 1 N–H and O–H groups in total. The molecular weight excluding hydrogens is 254 g/mol. The first-order valence-corrected chi connectivity index (χ1v) is 8.44. The molecule has 1 aliphatic heterocycles. The molecule has 108 valence electrons. The highest BCUT2D eigenvalue weighted by Gasteiger charge is 2.16. The number of likely N-dealkylation sites (tertiary alicyclic amines) is 1. The van der Waals surface area contributed by atoms with Crippen LogP contribution in [-0.4, -0.2) is 29.0 Å². The van der Waals surface area contributed by atoms with Gasteiger partial charge in [0.2, 0.25) is 0 Å². The van der Waals surface area contributed by atoms with Gasteiger partial charge in [0.05, 0.1) is 12.2 Å². The number of piperidine rings is 1. The van der Waals surface area contributed by atoms with E-state index in [9.17, 15) is 0 Å². The van der Waals surface area contributed by atoms with E-state index in [1.807, 2.05) is 11.3 Å². The molecule has 1 aromatic rings. The molecule has 3 nitrogen and oxygen atoms in total. The molecule has 1 fully saturated rings. The van der Waals surface area contributed by atoms with Gasteiger partial charge in [-0.05, 0) is 45.2 Å². The average Bonchev–Trinajstić information content (AvgIpc) is 2.86. The zero-order chi connectivity index (χ0) is 13.7. The predicted octanol–water partition coefficient (Wildman–Crippen LogP) is 3.26. The van der Waals surface area contributed by atoms with Gasteiger partial charge in [0.15, 0.2) is 0 Å². The minimum Gasteiger partial charge on any atom is -0.309 e. The van der Waals surface area contributed by atoms with E-state index >= 15 is 0 Å². The topological polar surface area (TPSA) is 28.2 Å². The monoisotopic (exact) mass is 281 g/mol. The Balaban J connectivity index is 1.77. The maximum absolute atomic E-state index is 4.74. The van der Waals surface area contributed by atoms with Crippen LogP contribution in [0.5, 0.6) is 0 Å². The summed E-state index contributed by atoms with van der Waals surface area (Å²) in [7, 11) is 0. The van der Waals surface area contributed by atoms with E-state index < -0.39 is 0 Å². The fourth-order valence-electron chi connectivity index (χ4n) is 2.34. The molecule has 0 aromatic carbocycles. The number of nitrogens with zero attached hydrogens (tertiary/aromatic N) is 2. The summed E-state index contributed by atoms with van der Waals surface area (Å²) in [4.78, 5) is 7.29. The highest BCUT2D eigenvalue weighted by molar-refractivity contribution is 7.09. The molecule has 4 heteroatoms. The maximum atomic E-state index is 4.74. The SMILES string of the molecule is CCC(C)NCc1csc(CN2CCC(C)CC2)n1. The molecule has 1 atom stereocenters. The molecule has 2 heterocycles. The summed E-state index contributed by atoms with van der Waals surface area (Å²) in [6.45, 7) is 11.2. The van der Waals surface area contributed by atoms with Crippen LogP contribution >= 0.6 is 11.3 Å². The first-order valence-electron chi connectivity index (χ1n) is 7.56. The lowest BCUT2D eigenvalue weighted by Gasteiger charge is -2.29. The number of nitrogens with one attached hydrogen (secondary N) is 1. The molecule has 19 heavy (non-hydrogen) atoms. The largest absolute Gasteiger partial charge is 0.309 e. The van der Waals surface area contributed by atoms with Crippen LogP contribution in [0.15, 0.2) is 5.38 Å². The Morgan fingerprint density at radius 2 is 2.21 bits per heavy atom. The number of hydrogen-bond acceptors (Lipinski definition) is 4. The van der Waals surface area contributed by atoms with Crippen molar-refractivity contribution in [1.29, 1.82) is 0 Å². The standard InChI is InChI=1S/C15H27N3S/c1-4-13(3)16-9-14-11-19-15(17-14)10-18-7-5-12(2)6-8-18/h11-13,16H,4-10H2,1-3H3. The van der Waals surface area contributed by atoms with Crippen LogP contribution in [0.2, 0.25) is 0 Å². The smallest absolute Gasteiger partial charge is 0.107 e. The van der Waals surface area contributed by atoms with Gasteiger partial charge in [-0.25, -0.2) is 4.98 Å². The fourth-order valence-corrected chi connectivity index (χ4v) is 3.17. The Morgan fingerprint density at radius 3 is 2.89 bits per heavy atom. The van der Waals surface area contributed by atoms with Crippen molar-refractivity contribution in [2.45, 2.75) is 59.2 Å². The lowest BCUT2D eigenvalue weighted by atomic mass is 9.99. The van der Waals surface area contributed by atoms with E-state index in [1.54, 1.807) is 0 Å². The Hall–Kier alpha value is -0.450. The Kier molecular flexibility index (Phi) is 5.79. The van der Waals surface area contributed by atoms with E-state index in [2.05, 4.69) is 36.4 Å². The number of hydrogen-bond donors (Lipinski definition) is 1. The normalized spacial score (nSPS) is 19.7. The fraction of sp³-hybridized carbons (Fsp3) is 0.800. The maximum Gasteiger partial charge on any atom is 0.107 e. The van der Waals surface area contributed by atoms with Crippen LogP contribution in [0.3, 0.4) is 0 Å². The van der Waals surface area contributed by atoms with Crippen molar-refractivity contribution in [2.75, 3.05) is 13.1 Å². The summed E-state index contributed by atoms with van der Waals surface area (Å²) in [6.07, 6.45) is 3.85. The second kappa shape index (κ2) is 7.36. The molecule has 1 aromatic heterocycles. The number of thiazole rings is 1. The Labute approximate surface area is 121 Å². The molecule has 0 aliphatic carbocycles. The van der Waals surface area contributed by atoms with Gasteiger partial charge < -0.3 is 5.32 Å². The molecule has 0 spiro atoms. The molecule has 0 amide bonds. The second-order valence-electron chi connectivity index (χ2n) is 5.88. The highest BCUT2D eigenvalue weighted by Crippen LogP contribution is 2.19. The zero-order valence-electron chi connectivity index (χ0n) is 12.5. The molecule has 2 rings (SSSR count). The van der Waals surface area contributed by atoms with E-state index in [0.717, 1.165) is 19.0 Å². The third-order valence-corrected chi connectivity index (χ3v) is 4.96. The number of aromatic nitrogens is 1. The second-order valence-corrected chi connectivity index (χ2v) is 6.82. The molecule has 1 unspecified atom stereocenters. The molecule has 0 bridgehead atoms. The Morgan fingerprint density at radius 1 is 1.47 bits per heavy atom. The van der Waals surface area contributed by atoms with Crippen LogP contribution in [0.4, 0.5) is 0 Å². The van der Waals surface area contributed by atoms with Crippen LogP contribution in [0.25, 0.3) is 0 Å². The molecule has 1 aliphatic rings. The van der Waals surface area contributed by atoms with Crippen molar-refractivity contribution in [1.82, 2.24) is 15.2 Å². The Bertz CT molecular complexity index is 369. The predicted molar refractivity (Wildman–Crippen MR) is 82.4 cm³/mol. The minimum absolute atomic E-state index is 0.578. The van der Waals surface area contributed by atoms with Crippen molar-refractivity contribution < 1.29 is 0 Å². The first kappa shape index (κ1) is 14.9. The molecule has 0 radical (unpaired) electrons. The van der Waals surface area contributed by atoms with Crippen LogP contribution in [0.1, 0.15) is 50.7 Å². The number of rotatable bonds is 6. The molecule has 1 saturated heterocycles. The van der Waals surface area contributed by atoms with Gasteiger partial charge in [0, 0.05) is 18.0 Å². The van der Waals surface area contributed by atoms with Crippen LogP contribution < -0.4 is 5.32 Å². The van der Waals surface area contributed by atoms with Crippen molar-refractivity contribution >= 4 is 11.3 Å². The summed E-state index contributed by atoms with van der Waals surface area (Å²) in [6, 6.07) is 0.578. The van der Waals surface area contributed by atoms with E-state index in [1.165, 1.54) is 43.1 Å². The van der Waals surface area contributed by atoms with Gasteiger partial charge in [0.1, 0.15) is 5.01 Å². The molecular formula is C15H27N3S. The minimum atomic E-state index is 0.578. The van der Waals surface area contributed by atoms with E-state index in [0.29, 0.717) is 6.04 Å². The highest BCUT2D eigenvalue weighted by atomic mass is 32.1. The summed E-state index contributed by atoms with van der Waals surface area (Å²) in [5.74, 6) is 0.905. The van der Waals surface area contributed by atoms with Crippen molar-refractivity contribution in [3.63, 3.8) is 0 Å². The summed E-state index contributed by atoms with van der Waals surface area (Å²) >= 11 is 1.81. The average molecular weight is 281 g/mol. The van der Waals surface area contributed by atoms with Crippen molar-refractivity contribution in [2.24, 2.45) is 5.92 Å². The quantitative estimate of drug-likeness (QED) is 0.867. The molecule has 0 saturated carbocycles. The van der Waals surface area contributed by atoms with Gasteiger partial charge in [-0.1, -0.05) is 13.8 Å². The third-order valence-electron chi connectivity index (χ3n) is 4.08.